The Hall–Kier alpha value is -1.35. The first-order valence-corrected chi connectivity index (χ1v) is 10.1. The molecule has 1 aromatic carbocycles. The summed E-state index contributed by atoms with van der Waals surface area (Å²) in [6.45, 7) is 10.6. The van der Waals surface area contributed by atoms with Crippen LogP contribution in [-0.4, -0.2) is 30.1 Å². The van der Waals surface area contributed by atoms with Crippen LogP contribution >= 0.6 is 35.3 Å². The first-order valence-electron chi connectivity index (χ1n) is 9.32. The number of hydrogen-bond acceptors (Lipinski definition) is 4. The fourth-order valence-corrected chi connectivity index (χ4v) is 3.28. The van der Waals surface area contributed by atoms with Gasteiger partial charge in [0.25, 0.3) is 0 Å². The molecule has 0 spiro atoms. The molecule has 7 heteroatoms. The molecule has 2 aromatic rings. The molecule has 2 rings (SSSR count). The molecule has 150 valence electrons. The highest BCUT2D eigenvalue weighted by atomic mass is 127. The van der Waals surface area contributed by atoms with Crippen molar-refractivity contribution in [3.05, 3.63) is 45.9 Å². The van der Waals surface area contributed by atoms with Crippen LogP contribution in [0.3, 0.4) is 0 Å². The summed E-state index contributed by atoms with van der Waals surface area (Å²) in [7, 11) is 0. The Morgan fingerprint density at radius 3 is 2.74 bits per heavy atom. The van der Waals surface area contributed by atoms with Crippen LogP contribution < -0.4 is 15.4 Å². The third-order valence-electron chi connectivity index (χ3n) is 3.62. The lowest BCUT2D eigenvalue weighted by Crippen LogP contribution is -2.38. The van der Waals surface area contributed by atoms with Crippen LogP contribution in [0.2, 0.25) is 0 Å². The second kappa shape index (κ2) is 12.9. The van der Waals surface area contributed by atoms with E-state index in [1.165, 1.54) is 9.88 Å². The van der Waals surface area contributed by atoms with Gasteiger partial charge in [-0.15, -0.1) is 35.3 Å². The van der Waals surface area contributed by atoms with Crippen LogP contribution in [-0.2, 0) is 19.4 Å². The van der Waals surface area contributed by atoms with Gasteiger partial charge in [0.15, 0.2) is 5.96 Å². The lowest BCUT2D eigenvalue weighted by Gasteiger charge is -2.12. The molecule has 0 amide bonds. The molecule has 1 heterocycles. The van der Waals surface area contributed by atoms with Gasteiger partial charge in [-0.25, -0.2) is 9.98 Å². The minimum absolute atomic E-state index is 0. The minimum Gasteiger partial charge on any atom is -0.491 e. The Morgan fingerprint density at radius 1 is 1.26 bits per heavy atom. The van der Waals surface area contributed by atoms with E-state index in [-0.39, 0.29) is 30.1 Å². The van der Waals surface area contributed by atoms with Gasteiger partial charge in [0.2, 0.25) is 0 Å². The monoisotopic (exact) mass is 502 g/mol. The molecule has 0 aliphatic carbocycles. The predicted molar refractivity (Wildman–Crippen MR) is 126 cm³/mol. The Labute approximate surface area is 184 Å². The van der Waals surface area contributed by atoms with Crippen molar-refractivity contribution in [3.63, 3.8) is 0 Å². The number of thiazole rings is 1. The van der Waals surface area contributed by atoms with Gasteiger partial charge in [-0.05, 0) is 44.9 Å². The van der Waals surface area contributed by atoms with Gasteiger partial charge in [-0.2, -0.15) is 0 Å². The molecular weight excluding hydrogens is 471 g/mol. The molecule has 0 radical (unpaired) electrons. The van der Waals surface area contributed by atoms with Crippen LogP contribution in [0.4, 0.5) is 0 Å². The van der Waals surface area contributed by atoms with Crippen LogP contribution in [0.15, 0.2) is 35.5 Å². The van der Waals surface area contributed by atoms with E-state index in [0.717, 1.165) is 43.2 Å². The number of aliphatic imine (C=N–C) groups is 1. The number of nitrogens with one attached hydrogen (secondary N) is 2. The third kappa shape index (κ3) is 8.92. The number of hydrogen-bond donors (Lipinski definition) is 2. The summed E-state index contributed by atoms with van der Waals surface area (Å²) < 4.78 is 5.75. The second-order valence-electron chi connectivity index (χ2n) is 6.26. The van der Waals surface area contributed by atoms with Crippen LogP contribution in [0.1, 0.15) is 43.1 Å². The van der Waals surface area contributed by atoms with Crippen molar-refractivity contribution in [1.29, 1.82) is 0 Å². The molecule has 0 unspecified atom stereocenters. The summed E-state index contributed by atoms with van der Waals surface area (Å²) in [5.41, 5.74) is 1.13. The van der Waals surface area contributed by atoms with Gasteiger partial charge in [0, 0.05) is 30.6 Å². The highest BCUT2D eigenvalue weighted by Crippen LogP contribution is 2.16. The number of halogens is 1. The molecule has 0 aliphatic rings. The van der Waals surface area contributed by atoms with Gasteiger partial charge in [0.1, 0.15) is 5.75 Å². The number of guanidine groups is 1. The van der Waals surface area contributed by atoms with Crippen LogP contribution in [0.25, 0.3) is 0 Å². The molecule has 0 fully saturated rings. The Kier molecular flexibility index (Phi) is 11.3. The van der Waals surface area contributed by atoms with E-state index in [4.69, 9.17) is 4.74 Å². The fourth-order valence-electron chi connectivity index (χ4n) is 2.42. The Bertz CT molecular complexity index is 703. The summed E-state index contributed by atoms with van der Waals surface area (Å²) in [6, 6.07) is 8.11. The zero-order valence-electron chi connectivity index (χ0n) is 16.6. The van der Waals surface area contributed by atoms with E-state index >= 15 is 0 Å². The maximum absolute atomic E-state index is 5.75. The number of aryl methyl sites for hydroxylation is 1. The largest absolute Gasteiger partial charge is 0.491 e. The summed E-state index contributed by atoms with van der Waals surface area (Å²) in [6.07, 6.45) is 4.11. The zero-order valence-corrected chi connectivity index (χ0v) is 19.8. The Balaban J connectivity index is 0.00000364. The number of nitrogens with zero attached hydrogens (tertiary/aromatic N) is 2. The van der Waals surface area contributed by atoms with E-state index in [0.29, 0.717) is 6.54 Å². The summed E-state index contributed by atoms with van der Waals surface area (Å²) in [4.78, 5) is 10.5. The topological polar surface area (TPSA) is 58.5 Å². The van der Waals surface area contributed by atoms with Gasteiger partial charge in [-0.3, -0.25) is 0 Å². The quantitative estimate of drug-likeness (QED) is 0.303. The standard InChI is InChI=1S/C20H30N4OS.HI/c1-5-18-14-23-19(26-18)10-11-22-20(21-6-2)24-13-16-8-7-9-17(12-16)25-15(3)4;/h7-9,12,14-15H,5-6,10-11,13H2,1-4H3,(H2,21,22,24);1H. The summed E-state index contributed by atoms with van der Waals surface area (Å²) >= 11 is 1.79. The number of rotatable bonds is 9. The normalized spacial score (nSPS) is 11.2. The molecule has 0 atom stereocenters. The van der Waals surface area contributed by atoms with E-state index in [2.05, 4.69) is 46.6 Å². The third-order valence-corrected chi connectivity index (χ3v) is 4.82. The van der Waals surface area contributed by atoms with E-state index in [1.807, 2.05) is 32.2 Å². The lowest BCUT2D eigenvalue weighted by atomic mass is 10.2. The van der Waals surface area contributed by atoms with Crippen molar-refractivity contribution in [3.8, 4) is 5.75 Å². The van der Waals surface area contributed by atoms with Crippen LogP contribution in [0, 0.1) is 0 Å². The average molecular weight is 502 g/mol. The van der Waals surface area contributed by atoms with Crippen molar-refractivity contribution in [2.75, 3.05) is 13.1 Å². The van der Waals surface area contributed by atoms with Crippen molar-refractivity contribution in [2.45, 2.75) is 53.2 Å². The maximum Gasteiger partial charge on any atom is 0.191 e. The highest BCUT2D eigenvalue weighted by molar-refractivity contribution is 14.0. The van der Waals surface area contributed by atoms with E-state index in [9.17, 15) is 0 Å². The Morgan fingerprint density at radius 2 is 2.07 bits per heavy atom. The van der Waals surface area contributed by atoms with Crippen molar-refractivity contribution >= 4 is 41.3 Å². The predicted octanol–water partition coefficient (Wildman–Crippen LogP) is 4.41. The molecule has 0 aliphatic heterocycles. The van der Waals surface area contributed by atoms with E-state index in [1.54, 1.807) is 11.3 Å². The molecule has 1 aromatic heterocycles. The van der Waals surface area contributed by atoms with Gasteiger partial charge < -0.3 is 15.4 Å². The molecule has 5 nitrogen and oxygen atoms in total. The van der Waals surface area contributed by atoms with Gasteiger partial charge >= 0.3 is 0 Å². The average Bonchev–Trinajstić information content (AvgIpc) is 3.07. The lowest BCUT2D eigenvalue weighted by molar-refractivity contribution is 0.242. The maximum atomic E-state index is 5.75. The summed E-state index contributed by atoms with van der Waals surface area (Å²) in [5, 5.41) is 7.85. The SMILES string of the molecule is CCNC(=NCc1cccc(OC(C)C)c1)NCCc1ncc(CC)s1.I. The first-order chi connectivity index (χ1) is 12.6. The van der Waals surface area contributed by atoms with Gasteiger partial charge in [0.05, 0.1) is 17.7 Å². The zero-order chi connectivity index (χ0) is 18.8. The van der Waals surface area contributed by atoms with Crippen molar-refractivity contribution in [2.24, 2.45) is 4.99 Å². The van der Waals surface area contributed by atoms with Gasteiger partial charge in [-0.1, -0.05) is 19.1 Å². The minimum atomic E-state index is 0. The van der Waals surface area contributed by atoms with E-state index < -0.39 is 0 Å². The highest BCUT2D eigenvalue weighted by Gasteiger charge is 2.03. The second-order valence-corrected chi connectivity index (χ2v) is 7.46. The number of aromatic nitrogens is 1. The number of ether oxygens (including phenoxy) is 1. The summed E-state index contributed by atoms with van der Waals surface area (Å²) in [5.74, 6) is 1.72. The molecule has 0 saturated heterocycles. The van der Waals surface area contributed by atoms with Crippen molar-refractivity contribution < 1.29 is 4.74 Å². The molecular formula is C20H31IN4OS. The molecule has 27 heavy (non-hydrogen) atoms. The first kappa shape index (κ1) is 23.7. The fraction of sp³-hybridized carbons (Fsp3) is 0.500. The smallest absolute Gasteiger partial charge is 0.191 e. The van der Waals surface area contributed by atoms with Crippen molar-refractivity contribution in [1.82, 2.24) is 15.6 Å². The molecule has 0 bridgehead atoms. The number of benzene rings is 1. The van der Waals surface area contributed by atoms with Crippen LogP contribution in [0.5, 0.6) is 5.75 Å². The molecule has 0 saturated carbocycles. The molecule has 2 N–H and O–H groups in total.